The van der Waals surface area contributed by atoms with Gasteiger partial charge in [0.1, 0.15) is 5.84 Å². The molecule has 1 aromatic heterocycles. The quantitative estimate of drug-likeness (QED) is 0.464. The first-order valence-electron chi connectivity index (χ1n) is 6.92. The standard InChI is InChI=1S/C14H22N4O/c15-13(16)12-6-4-7-17-14(12)19-11-5-10-18-8-2-1-3-9-18/h4,6-7H,1-3,5,8-11H2,(H3,15,16). The Kier molecular flexibility index (Phi) is 5.15. The second-order valence-corrected chi connectivity index (χ2v) is 4.87. The van der Waals surface area contributed by atoms with Crippen LogP contribution in [0.3, 0.4) is 0 Å². The maximum atomic E-state index is 7.47. The lowest BCUT2D eigenvalue weighted by atomic mass is 10.1. The molecule has 0 bridgehead atoms. The third kappa shape index (κ3) is 4.21. The number of aromatic nitrogens is 1. The molecular weight excluding hydrogens is 240 g/mol. The Hall–Kier alpha value is -1.62. The van der Waals surface area contributed by atoms with Crippen LogP contribution in [0.25, 0.3) is 0 Å². The van der Waals surface area contributed by atoms with E-state index in [4.69, 9.17) is 15.9 Å². The average molecular weight is 262 g/mol. The molecule has 0 aromatic carbocycles. The minimum Gasteiger partial charge on any atom is -0.477 e. The summed E-state index contributed by atoms with van der Waals surface area (Å²) in [5.41, 5.74) is 6.06. The van der Waals surface area contributed by atoms with Crippen LogP contribution < -0.4 is 10.5 Å². The zero-order valence-electron chi connectivity index (χ0n) is 11.3. The fourth-order valence-electron chi connectivity index (χ4n) is 2.35. The van der Waals surface area contributed by atoms with E-state index in [1.807, 2.05) is 0 Å². The summed E-state index contributed by atoms with van der Waals surface area (Å²) >= 11 is 0. The smallest absolute Gasteiger partial charge is 0.224 e. The van der Waals surface area contributed by atoms with E-state index >= 15 is 0 Å². The van der Waals surface area contributed by atoms with Gasteiger partial charge in [0.05, 0.1) is 12.2 Å². The van der Waals surface area contributed by atoms with E-state index in [0.717, 1.165) is 13.0 Å². The third-order valence-electron chi connectivity index (χ3n) is 3.37. The highest BCUT2D eigenvalue weighted by molar-refractivity contribution is 5.96. The SMILES string of the molecule is N=C(N)c1cccnc1OCCCN1CCCCC1. The van der Waals surface area contributed by atoms with Crippen molar-refractivity contribution in [2.45, 2.75) is 25.7 Å². The van der Waals surface area contributed by atoms with Crippen LogP contribution in [-0.2, 0) is 0 Å². The van der Waals surface area contributed by atoms with E-state index in [0.29, 0.717) is 18.1 Å². The Morgan fingerprint density at radius 2 is 2.16 bits per heavy atom. The Bertz CT molecular complexity index is 416. The number of hydrogen-bond donors (Lipinski definition) is 2. The number of nitrogens with zero attached hydrogens (tertiary/aromatic N) is 2. The minimum atomic E-state index is -0.000805. The van der Waals surface area contributed by atoms with Crippen molar-refractivity contribution in [1.29, 1.82) is 5.41 Å². The van der Waals surface area contributed by atoms with E-state index in [2.05, 4.69) is 9.88 Å². The van der Waals surface area contributed by atoms with Crippen molar-refractivity contribution in [2.75, 3.05) is 26.2 Å². The zero-order valence-corrected chi connectivity index (χ0v) is 11.3. The second kappa shape index (κ2) is 7.09. The number of nitrogen functional groups attached to an aromatic ring is 1. The maximum Gasteiger partial charge on any atom is 0.224 e. The van der Waals surface area contributed by atoms with Gasteiger partial charge in [-0.3, -0.25) is 5.41 Å². The Morgan fingerprint density at radius 1 is 1.37 bits per heavy atom. The summed E-state index contributed by atoms with van der Waals surface area (Å²) in [6.07, 6.45) is 6.63. The number of nitrogens with one attached hydrogen (secondary N) is 1. The van der Waals surface area contributed by atoms with Crippen LogP contribution in [0.1, 0.15) is 31.2 Å². The van der Waals surface area contributed by atoms with Gasteiger partial charge in [0.2, 0.25) is 5.88 Å². The summed E-state index contributed by atoms with van der Waals surface area (Å²) in [5.74, 6) is 0.466. The lowest BCUT2D eigenvalue weighted by Crippen LogP contribution is -2.31. The first-order valence-corrected chi connectivity index (χ1v) is 6.92. The van der Waals surface area contributed by atoms with Crippen molar-refractivity contribution >= 4 is 5.84 Å². The van der Waals surface area contributed by atoms with E-state index in [-0.39, 0.29) is 5.84 Å². The molecular formula is C14H22N4O. The molecule has 0 amide bonds. The molecule has 1 aliphatic heterocycles. The molecule has 1 aliphatic rings. The average Bonchev–Trinajstić information content (AvgIpc) is 2.45. The van der Waals surface area contributed by atoms with Crippen molar-refractivity contribution in [3.8, 4) is 5.88 Å². The zero-order chi connectivity index (χ0) is 13.5. The summed E-state index contributed by atoms with van der Waals surface area (Å²) in [6, 6.07) is 3.52. The maximum absolute atomic E-state index is 7.47. The number of ether oxygens (including phenoxy) is 1. The van der Waals surface area contributed by atoms with Crippen LogP contribution in [0.15, 0.2) is 18.3 Å². The summed E-state index contributed by atoms with van der Waals surface area (Å²) < 4.78 is 5.63. The normalized spacial score (nSPS) is 16.2. The van der Waals surface area contributed by atoms with Gasteiger partial charge in [-0.15, -0.1) is 0 Å². The lowest BCUT2D eigenvalue weighted by Gasteiger charge is -2.26. The van der Waals surface area contributed by atoms with Crippen LogP contribution in [0.5, 0.6) is 5.88 Å². The molecule has 2 heterocycles. The number of likely N-dealkylation sites (tertiary alicyclic amines) is 1. The summed E-state index contributed by atoms with van der Waals surface area (Å²) in [6.45, 7) is 4.11. The van der Waals surface area contributed by atoms with Crippen LogP contribution in [-0.4, -0.2) is 42.0 Å². The van der Waals surface area contributed by atoms with Gasteiger partial charge in [0.15, 0.2) is 0 Å². The third-order valence-corrected chi connectivity index (χ3v) is 3.37. The predicted octanol–water partition coefficient (Wildman–Crippen LogP) is 1.62. The van der Waals surface area contributed by atoms with Crippen LogP contribution in [0.2, 0.25) is 0 Å². The number of pyridine rings is 1. The van der Waals surface area contributed by atoms with E-state index in [1.54, 1.807) is 18.3 Å². The van der Waals surface area contributed by atoms with E-state index in [1.165, 1.54) is 32.4 Å². The molecule has 3 N–H and O–H groups in total. The number of piperidine rings is 1. The molecule has 0 spiro atoms. The highest BCUT2D eigenvalue weighted by Gasteiger charge is 2.10. The fraction of sp³-hybridized carbons (Fsp3) is 0.571. The van der Waals surface area contributed by atoms with Gasteiger partial charge in [-0.05, 0) is 44.5 Å². The molecule has 5 heteroatoms. The van der Waals surface area contributed by atoms with Crippen LogP contribution in [0.4, 0.5) is 0 Å². The van der Waals surface area contributed by atoms with E-state index in [9.17, 15) is 0 Å². The molecule has 0 unspecified atom stereocenters. The Morgan fingerprint density at radius 3 is 2.89 bits per heavy atom. The minimum absolute atomic E-state index is 0.000805. The molecule has 1 saturated heterocycles. The lowest BCUT2D eigenvalue weighted by molar-refractivity contribution is 0.203. The highest BCUT2D eigenvalue weighted by atomic mass is 16.5. The first kappa shape index (κ1) is 13.8. The number of hydrogen-bond acceptors (Lipinski definition) is 4. The molecule has 0 atom stereocenters. The number of nitrogens with two attached hydrogens (primary N) is 1. The van der Waals surface area contributed by atoms with Gasteiger partial charge in [-0.25, -0.2) is 4.98 Å². The predicted molar refractivity (Wildman–Crippen MR) is 75.7 cm³/mol. The topological polar surface area (TPSA) is 75.2 Å². The van der Waals surface area contributed by atoms with Gasteiger partial charge >= 0.3 is 0 Å². The molecule has 1 fully saturated rings. The summed E-state index contributed by atoms with van der Waals surface area (Å²) in [4.78, 5) is 6.61. The number of amidine groups is 1. The first-order chi connectivity index (χ1) is 9.27. The summed E-state index contributed by atoms with van der Waals surface area (Å²) in [7, 11) is 0. The second-order valence-electron chi connectivity index (χ2n) is 4.87. The molecule has 19 heavy (non-hydrogen) atoms. The molecule has 104 valence electrons. The van der Waals surface area contributed by atoms with Crippen molar-refractivity contribution in [1.82, 2.24) is 9.88 Å². The van der Waals surface area contributed by atoms with Gasteiger partial charge in [0, 0.05) is 12.7 Å². The molecule has 0 radical (unpaired) electrons. The fourth-order valence-corrected chi connectivity index (χ4v) is 2.35. The monoisotopic (exact) mass is 262 g/mol. The van der Waals surface area contributed by atoms with Crippen molar-refractivity contribution in [2.24, 2.45) is 5.73 Å². The molecule has 5 nitrogen and oxygen atoms in total. The van der Waals surface area contributed by atoms with Crippen LogP contribution in [0, 0.1) is 5.41 Å². The van der Waals surface area contributed by atoms with Crippen molar-refractivity contribution in [3.05, 3.63) is 23.9 Å². The molecule has 0 saturated carbocycles. The van der Waals surface area contributed by atoms with Crippen molar-refractivity contribution < 1.29 is 4.74 Å². The molecule has 0 aliphatic carbocycles. The molecule has 1 aromatic rings. The van der Waals surface area contributed by atoms with Crippen molar-refractivity contribution in [3.63, 3.8) is 0 Å². The molecule has 2 rings (SSSR count). The highest BCUT2D eigenvalue weighted by Crippen LogP contribution is 2.14. The van der Waals surface area contributed by atoms with Gasteiger partial charge in [-0.2, -0.15) is 0 Å². The van der Waals surface area contributed by atoms with E-state index < -0.39 is 0 Å². The Labute approximate surface area is 114 Å². The Balaban J connectivity index is 1.74. The number of rotatable bonds is 6. The van der Waals surface area contributed by atoms with Gasteiger partial charge in [0.25, 0.3) is 0 Å². The summed E-state index contributed by atoms with van der Waals surface area (Å²) in [5, 5.41) is 7.47. The van der Waals surface area contributed by atoms with Crippen LogP contribution >= 0.6 is 0 Å². The van der Waals surface area contributed by atoms with Gasteiger partial charge < -0.3 is 15.4 Å². The van der Waals surface area contributed by atoms with Gasteiger partial charge in [-0.1, -0.05) is 6.42 Å². The largest absolute Gasteiger partial charge is 0.477 e.